The van der Waals surface area contributed by atoms with Gasteiger partial charge in [-0.2, -0.15) is 0 Å². The van der Waals surface area contributed by atoms with E-state index in [-0.39, 0.29) is 16.7 Å². The number of Topliss-reactive ketones (excluding diaryl/α,β-unsaturated/α-hetero) is 1. The summed E-state index contributed by atoms with van der Waals surface area (Å²) in [4.78, 5) is 50.0. The molecule has 156 valence electrons. The van der Waals surface area contributed by atoms with Crippen LogP contribution in [0.15, 0.2) is 91.0 Å². The minimum Gasteiger partial charge on any atom is -0.478 e. The Hall–Kier alpha value is -4.26. The number of esters is 2. The molecule has 2 atom stereocenters. The molecular formula is C24H18O7. The van der Waals surface area contributed by atoms with E-state index >= 15 is 0 Å². The van der Waals surface area contributed by atoms with Crippen LogP contribution in [0.4, 0.5) is 0 Å². The van der Waals surface area contributed by atoms with Crippen molar-refractivity contribution in [1.29, 1.82) is 0 Å². The zero-order chi connectivity index (χ0) is 22.2. The van der Waals surface area contributed by atoms with Gasteiger partial charge >= 0.3 is 17.9 Å². The quantitative estimate of drug-likeness (QED) is 0.441. The summed E-state index contributed by atoms with van der Waals surface area (Å²) in [7, 11) is 0. The summed E-state index contributed by atoms with van der Waals surface area (Å²) < 4.78 is 10.4. The molecule has 3 rings (SSSR count). The third-order valence-corrected chi connectivity index (χ3v) is 4.32. The van der Waals surface area contributed by atoms with Crippen molar-refractivity contribution in [2.75, 3.05) is 0 Å². The summed E-state index contributed by atoms with van der Waals surface area (Å²) in [6.07, 6.45) is -3.94. The molecule has 0 unspecified atom stereocenters. The van der Waals surface area contributed by atoms with Gasteiger partial charge in [0.25, 0.3) is 0 Å². The average Bonchev–Trinajstić information content (AvgIpc) is 2.82. The number of rotatable bonds is 8. The molecule has 1 N–H and O–H groups in total. The van der Waals surface area contributed by atoms with Crippen LogP contribution in [0.25, 0.3) is 0 Å². The summed E-state index contributed by atoms with van der Waals surface area (Å²) in [5.74, 6) is -4.32. The van der Waals surface area contributed by atoms with Gasteiger partial charge in [0.2, 0.25) is 18.0 Å². The van der Waals surface area contributed by atoms with Gasteiger partial charge in [-0.1, -0.05) is 66.7 Å². The standard InChI is InChI=1S/C24H18O7/c25-19(16-10-4-1-5-11-16)20(30-23(28)17-12-6-2-7-13-17)21(22(26)27)31-24(29)18-14-8-3-9-15-18/h1-15,20-21H,(H,26,27)/t20-,21+/m1/s1. The minimum atomic E-state index is -2.05. The summed E-state index contributed by atoms with van der Waals surface area (Å²) in [5, 5.41) is 9.70. The van der Waals surface area contributed by atoms with Crippen molar-refractivity contribution in [3.05, 3.63) is 108 Å². The van der Waals surface area contributed by atoms with E-state index in [1.54, 1.807) is 54.6 Å². The second-order valence-corrected chi connectivity index (χ2v) is 6.45. The first-order valence-electron chi connectivity index (χ1n) is 9.31. The molecule has 0 aliphatic heterocycles. The Morgan fingerprint density at radius 2 is 0.903 bits per heavy atom. The van der Waals surface area contributed by atoms with Crippen molar-refractivity contribution in [3.63, 3.8) is 0 Å². The van der Waals surface area contributed by atoms with Gasteiger partial charge < -0.3 is 14.6 Å². The first kappa shape index (κ1) is 21.4. The predicted molar refractivity (Wildman–Crippen MR) is 110 cm³/mol. The van der Waals surface area contributed by atoms with Crippen LogP contribution in [0.3, 0.4) is 0 Å². The molecule has 3 aromatic rings. The lowest BCUT2D eigenvalue weighted by Gasteiger charge is -2.23. The van der Waals surface area contributed by atoms with Crippen LogP contribution in [0.2, 0.25) is 0 Å². The molecular weight excluding hydrogens is 400 g/mol. The highest BCUT2D eigenvalue weighted by atomic mass is 16.6. The number of carbonyl (C=O) groups excluding carboxylic acids is 3. The molecule has 0 fully saturated rings. The Kier molecular flexibility index (Phi) is 6.90. The van der Waals surface area contributed by atoms with Crippen molar-refractivity contribution in [2.24, 2.45) is 0 Å². The molecule has 0 aliphatic rings. The number of carboxylic acid groups (broad SMARTS) is 1. The fourth-order valence-corrected chi connectivity index (χ4v) is 2.78. The van der Waals surface area contributed by atoms with Gasteiger partial charge in [0, 0.05) is 5.56 Å². The van der Waals surface area contributed by atoms with Crippen LogP contribution >= 0.6 is 0 Å². The second-order valence-electron chi connectivity index (χ2n) is 6.45. The van der Waals surface area contributed by atoms with Gasteiger partial charge in [-0.3, -0.25) is 4.79 Å². The Bertz CT molecular complexity index is 1060. The van der Waals surface area contributed by atoms with Crippen molar-refractivity contribution in [1.82, 2.24) is 0 Å². The van der Waals surface area contributed by atoms with Gasteiger partial charge in [-0.15, -0.1) is 0 Å². The van der Waals surface area contributed by atoms with E-state index in [1.807, 2.05) is 0 Å². The van der Waals surface area contributed by atoms with Crippen molar-refractivity contribution in [3.8, 4) is 0 Å². The number of hydrogen-bond donors (Lipinski definition) is 1. The number of aliphatic carboxylic acids is 1. The maximum absolute atomic E-state index is 13.0. The normalized spacial score (nSPS) is 12.3. The third kappa shape index (κ3) is 5.42. The fraction of sp³-hybridized carbons (Fsp3) is 0.0833. The van der Waals surface area contributed by atoms with E-state index in [1.165, 1.54) is 36.4 Å². The lowest BCUT2D eigenvalue weighted by atomic mass is 10.0. The molecule has 0 aromatic heterocycles. The molecule has 31 heavy (non-hydrogen) atoms. The van der Waals surface area contributed by atoms with Crippen LogP contribution in [-0.4, -0.2) is 41.0 Å². The maximum atomic E-state index is 13.0. The Balaban J connectivity index is 1.93. The lowest BCUT2D eigenvalue weighted by Crippen LogP contribution is -2.46. The molecule has 0 radical (unpaired) electrons. The first-order valence-corrected chi connectivity index (χ1v) is 9.31. The van der Waals surface area contributed by atoms with Crippen LogP contribution in [-0.2, 0) is 14.3 Å². The van der Waals surface area contributed by atoms with Gasteiger partial charge in [0.15, 0.2) is 0 Å². The largest absolute Gasteiger partial charge is 0.478 e. The van der Waals surface area contributed by atoms with Crippen LogP contribution in [0.5, 0.6) is 0 Å². The Labute approximate surface area is 177 Å². The molecule has 7 heteroatoms. The maximum Gasteiger partial charge on any atom is 0.349 e. The molecule has 0 heterocycles. The highest BCUT2D eigenvalue weighted by Crippen LogP contribution is 2.17. The smallest absolute Gasteiger partial charge is 0.349 e. The first-order chi connectivity index (χ1) is 15.0. The van der Waals surface area contributed by atoms with Crippen LogP contribution < -0.4 is 0 Å². The molecule has 0 bridgehead atoms. The van der Waals surface area contributed by atoms with Gasteiger partial charge in [-0.05, 0) is 24.3 Å². The molecule has 0 saturated carbocycles. The van der Waals surface area contributed by atoms with E-state index < -0.39 is 35.9 Å². The number of carbonyl (C=O) groups is 4. The Morgan fingerprint density at radius 3 is 1.29 bits per heavy atom. The van der Waals surface area contributed by atoms with E-state index in [0.717, 1.165) is 0 Å². The SMILES string of the molecule is O=C(O[C@H](C(=O)O)[C@H](OC(=O)c1ccccc1)C(=O)c1ccccc1)c1ccccc1. The number of hydrogen-bond acceptors (Lipinski definition) is 6. The van der Waals surface area contributed by atoms with Crippen molar-refractivity contribution >= 4 is 23.7 Å². The van der Waals surface area contributed by atoms with Crippen molar-refractivity contribution < 1.29 is 33.8 Å². The molecule has 0 saturated heterocycles. The van der Waals surface area contributed by atoms with Gasteiger partial charge in [-0.25, -0.2) is 14.4 Å². The molecule has 0 amide bonds. The number of carboxylic acids is 1. The summed E-state index contributed by atoms with van der Waals surface area (Å²) >= 11 is 0. The zero-order valence-corrected chi connectivity index (χ0v) is 16.2. The third-order valence-electron chi connectivity index (χ3n) is 4.32. The fourth-order valence-electron chi connectivity index (χ4n) is 2.78. The predicted octanol–water partition coefficient (Wildman–Crippen LogP) is 3.41. The summed E-state index contributed by atoms with van der Waals surface area (Å²) in [5.41, 5.74) is 0.316. The summed E-state index contributed by atoms with van der Waals surface area (Å²) in [6, 6.07) is 23.2. The zero-order valence-electron chi connectivity index (χ0n) is 16.2. The topological polar surface area (TPSA) is 107 Å². The average molecular weight is 418 g/mol. The molecule has 0 spiro atoms. The summed E-state index contributed by atoms with van der Waals surface area (Å²) in [6.45, 7) is 0. The lowest BCUT2D eigenvalue weighted by molar-refractivity contribution is -0.152. The number of ketones is 1. The Morgan fingerprint density at radius 1 is 0.548 bits per heavy atom. The van der Waals surface area contributed by atoms with E-state index in [4.69, 9.17) is 9.47 Å². The van der Waals surface area contributed by atoms with E-state index in [9.17, 15) is 24.3 Å². The van der Waals surface area contributed by atoms with E-state index in [2.05, 4.69) is 0 Å². The van der Waals surface area contributed by atoms with Crippen LogP contribution in [0, 0.1) is 0 Å². The highest BCUT2D eigenvalue weighted by molar-refractivity contribution is 6.05. The highest BCUT2D eigenvalue weighted by Gasteiger charge is 2.41. The van der Waals surface area contributed by atoms with E-state index in [0.29, 0.717) is 0 Å². The monoisotopic (exact) mass is 418 g/mol. The second kappa shape index (κ2) is 9.98. The molecule has 7 nitrogen and oxygen atoms in total. The number of benzene rings is 3. The number of ether oxygens (including phenoxy) is 2. The van der Waals surface area contributed by atoms with Crippen LogP contribution in [0.1, 0.15) is 31.1 Å². The minimum absolute atomic E-state index is 0.0917. The molecule has 0 aliphatic carbocycles. The van der Waals surface area contributed by atoms with Crippen molar-refractivity contribution in [2.45, 2.75) is 12.2 Å². The van der Waals surface area contributed by atoms with Gasteiger partial charge in [0.1, 0.15) is 0 Å². The molecule has 3 aromatic carbocycles. The van der Waals surface area contributed by atoms with Gasteiger partial charge in [0.05, 0.1) is 11.1 Å².